The zero-order valence-electron chi connectivity index (χ0n) is 10.7. The van der Waals surface area contributed by atoms with Gasteiger partial charge in [0.15, 0.2) is 0 Å². The quantitative estimate of drug-likeness (QED) is 0.944. The minimum Gasteiger partial charge on any atom is -0.422 e. The largest absolute Gasteiger partial charge is 0.422 e. The van der Waals surface area contributed by atoms with Crippen molar-refractivity contribution >= 4 is 12.4 Å². The van der Waals surface area contributed by atoms with Gasteiger partial charge in [0, 0.05) is 12.6 Å². The Bertz CT molecular complexity index is 558. The molecule has 1 aliphatic rings. The van der Waals surface area contributed by atoms with Crippen molar-refractivity contribution in [3.8, 4) is 11.8 Å². The van der Waals surface area contributed by atoms with Gasteiger partial charge < -0.3 is 14.6 Å². The predicted molar refractivity (Wildman–Crippen MR) is 72.9 cm³/mol. The fourth-order valence-electron chi connectivity index (χ4n) is 2.13. The van der Waals surface area contributed by atoms with Crippen molar-refractivity contribution in [3.05, 3.63) is 36.0 Å². The van der Waals surface area contributed by atoms with E-state index in [1.165, 1.54) is 12.1 Å². The molecule has 1 aromatic heterocycles. The van der Waals surface area contributed by atoms with Gasteiger partial charge in [0.1, 0.15) is 11.6 Å². The molecule has 1 fully saturated rings. The van der Waals surface area contributed by atoms with E-state index in [1.807, 2.05) is 0 Å². The molecule has 1 N–H and O–H groups in total. The van der Waals surface area contributed by atoms with Crippen LogP contribution in [0.4, 0.5) is 4.39 Å². The number of ether oxygens (including phenoxy) is 1. The zero-order valence-corrected chi connectivity index (χ0v) is 11.5. The summed E-state index contributed by atoms with van der Waals surface area (Å²) in [6, 6.07) is 5.95. The summed E-state index contributed by atoms with van der Waals surface area (Å²) in [6.45, 7) is 1.86. The lowest BCUT2D eigenvalue weighted by Gasteiger charge is -2.18. The van der Waals surface area contributed by atoms with Crippen molar-refractivity contribution in [1.82, 2.24) is 15.5 Å². The third-order valence-electron chi connectivity index (χ3n) is 3.07. The van der Waals surface area contributed by atoms with Gasteiger partial charge in [-0.3, -0.25) is 0 Å². The van der Waals surface area contributed by atoms with E-state index < -0.39 is 0 Å². The van der Waals surface area contributed by atoms with Gasteiger partial charge in [-0.2, -0.15) is 4.98 Å². The number of nitrogens with one attached hydrogen (secondary N) is 1. The molecule has 0 aliphatic carbocycles. The molecule has 3 rings (SSSR count). The zero-order chi connectivity index (χ0) is 13.1. The number of aromatic nitrogens is 2. The second kappa shape index (κ2) is 6.67. The Balaban J connectivity index is 0.00000147. The molecule has 2 heterocycles. The number of nitrogens with zero attached hydrogens (tertiary/aromatic N) is 2. The molecule has 0 radical (unpaired) electrons. The smallest absolute Gasteiger partial charge is 0.359 e. The molecule has 1 aromatic carbocycles. The Kier molecular flexibility index (Phi) is 4.92. The normalized spacial score (nSPS) is 18.4. The van der Waals surface area contributed by atoms with E-state index in [2.05, 4.69) is 15.5 Å². The molecule has 108 valence electrons. The lowest BCUT2D eigenvalue weighted by Crippen LogP contribution is -2.28. The first-order chi connectivity index (χ1) is 9.31. The van der Waals surface area contributed by atoms with E-state index in [-0.39, 0.29) is 30.2 Å². The molecule has 1 unspecified atom stereocenters. The number of halogens is 2. The monoisotopic (exact) mass is 299 g/mol. The van der Waals surface area contributed by atoms with Crippen LogP contribution in [-0.2, 0) is 0 Å². The number of hydrogen-bond donors (Lipinski definition) is 1. The highest BCUT2D eigenvalue weighted by molar-refractivity contribution is 5.85. The molecule has 7 heteroatoms. The van der Waals surface area contributed by atoms with Gasteiger partial charge in [-0.05, 0) is 36.7 Å². The molecule has 1 atom stereocenters. The first-order valence-electron chi connectivity index (χ1n) is 6.29. The molecule has 5 nitrogen and oxygen atoms in total. The minimum absolute atomic E-state index is 0. The van der Waals surface area contributed by atoms with Crippen molar-refractivity contribution in [2.24, 2.45) is 0 Å². The van der Waals surface area contributed by atoms with Gasteiger partial charge in [0.2, 0.25) is 5.89 Å². The van der Waals surface area contributed by atoms with Crippen molar-refractivity contribution in [2.45, 2.75) is 18.8 Å². The average Bonchev–Trinajstić information content (AvgIpc) is 2.88. The van der Waals surface area contributed by atoms with Gasteiger partial charge in [-0.15, -0.1) is 12.4 Å². The maximum Gasteiger partial charge on any atom is 0.359 e. The molecule has 0 spiro atoms. The van der Waals surface area contributed by atoms with Crippen LogP contribution in [0.15, 0.2) is 28.8 Å². The highest BCUT2D eigenvalue weighted by atomic mass is 35.5. The van der Waals surface area contributed by atoms with Crippen LogP contribution in [0.3, 0.4) is 0 Å². The Labute approximate surface area is 121 Å². The molecule has 0 bridgehead atoms. The molecule has 1 saturated heterocycles. The van der Waals surface area contributed by atoms with Crippen LogP contribution in [0.1, 0.15) is 24.7 Å². The van der Waals surface area contributed by atoms with Crippen molar-refractivity contribution < 1.29 is 13.7 Å². The van der Waals surface area contributed by atoms with Crippen LogP contribution in [0.2, 0.25) is 0 Å². The first-order valence-corrected chi connectivity index (χ1v) is 6.29. The first kappa shape index (κ1) is 14.7. The fourth-order valence-corrected chi connectivity index (χ4v) is 2.13. The van der Waals surface area contributed by atoms with E-state index in [0.717, 1.165) is 25.9 Å². The van der Waals surface area contributed by atoms with Gasteiger partial charge in [0.25, 0.3) is 0 Å². The van der Waals surface area contributed by atoms with Gasteiger partial charge in [-0.1, -0.05) is 6.07 Å². The second-order valence-electron chi connectivity index (χ2n) is 4.52. The van der Waals surface area contributed by atoms with Crippen LogP contribution in [0.5, 0.6) is 11.8 Å². The lowest BCUT2D eigenvalue weighted by atomic mass is 10.00. The van der Waals surface area contributed by atoms with E-state index in [1.54, 1.807) is 12.1 Å². The van der Waals surface area contributed by atoms with E-state index >= 15 is 0 Å². The summed E-state index contributed by atoms with van der Waals surface area (Å²) < 4.78 is 23.6. The Hall–Kier alpha value is -1.66. The molecule has 1 aliphatic heterocycles. The molecule has 0 saturated carbocycles. The summed E-state index contributed by atoms with van der Waals surface area (Å²) >= 11 is 0. The number of hydrogen-bond acceptors (Lipinski definition) is 5. The summed E-state index contributed by atoms with van der Waals surface area (Å²) in [5, 5.41) is 7.04. The van der Waals surface area contributed by atoms with Crippen LogP contribution in [0, 0.1) is 5.82 Å². The summed E-state index contributed by atoms with van der Waals surface area (Å²) in [5.41, 5.74) is 0. The highest BCUT2D eigenvalue weighted by Crippen LogP contribution is 2.25. The predicted octanol–water partition coefficient (Wildman–Crippen LogP) is 2.89. The van der Waals surface area contributed by atoms with Crippen LogP contribution >= 0.6 is 12.4 Å². The average molecular weight is 300 g/mol. The number of piperidine rings is 1. The molecule has 0 amide bonds. The maximum absolute atomic E-state index is 13.0. The van der Waals surface area contributed by atoms with Gasteiger partial charge >= 0.3 is 6.01 Å². The van der Waals surface area contributed by atoms with Crippen LogP contribution in [0.25, 0.3) is 0 Å². The Morgan fingerprint density at radius 2 is 2.30 bits per heavy atom. The molecule has 20 heavy (non-hydrogen) atoms. The third-order valence-corrected chi connectivity index (χ3v) is 3.07. The van der Waals surface area contributed by atoms with Gasteiger partial charge in [0.05, 0.1) is 5.92 Å². The third kappa shape index (κ3) is 3.46. The van der Waals surface area contributed by atoms with E-state index in [9.17, 15) is 4.39 Å². The van der Waals surface area contributed by atoms with Crippen molar-refractivity contribution in [3.63, 3.8) is 0 Å². The van der Waals surface area contributed by atoms with Crippen LogP contribution in [-0.4, -0.2) is 23.2 Å². The molecular formula is C13H15ClFN3O2. The van der Waals surface area contributed by atoms with E-state index in [0.29, 0.717) is 11.6 Å². The van der Waals surface area contributed by atoms with Gasteiger partial charge in [-0.25, -0.2) is 4.39 Å². The lowest BCUT2D eigenvalue weighted by molar-refractivity contribution is 0.311. The Morgan fingerprint density at radius 3 is 3.05 bits per heavy atom. The standard InChI is InChI=1S/C13H14FN3O2.ClH/c14-10-4-1-5-11(7-10)18-13-16-12(19-17-13)9-3-2-6-15-8-9;/h1,4-5,7,9,15H,2-3,6,8H2;1H. The van der Waals surface area contributed by atoms with Crippen molar-refractivity contribution in [2.75, 3.05) is 13.1 Å². The van der Waals surface area contributed by atoms with Crippen LogP contribution < -0.4 is 10.1 Å². The summed E-state index contributed by atoms with van der Waals surface area (Å²) in [5.74, 6) is 0.788. The van der Waals surface area contributed by atoms with E-state index in [4.69, 9.17) is 9.26 Å². The van der Waals surface area contributed by atoms with Crippen molar-refractivity contribution in [1.29, 1.82) is 0 Å². The molecule has 2 aromatic rings. The number of benzene rings is 1. The number of rotatable bonds is 3. The summed E-state index contributed by atoms with van der Waals surface area (Å²) in [7, 11) is 0. The fraction of sp³-hybridized carbons (Fsp3) is 0.385. The summed E-state index contributed by atoms with van der Waals surface area (Å²) in [4.78, 5) is 4.20. The Morgan fingerprint density at radius 1 is 1.40 bits per heavy atom. The maximum atomic E-state index is 13.0. The SMILES string of the molecule is Cl.Fc1cccc(Oc2noc(C3CCCNC3)n2)c1. The topological polar surface area (TPSA) is 60.2 Å². The second-order valence-corrected chi connectivity index (χ2v) is 4.52. The highest BCUT2D eigenvalue weighted by Gasteiger charge is 2.21. The minimum atomic E-state index is -0.363. The summed E-state index contributed by atoms with van der Waals surface area (Å²) in [6.07, 6.45) is 2.11. The molecular weight excluding hydrogens is 285 g/mol.